The molecule has 2 aromatic rings. The molecular formula is C19H19F3N2O2. The molecule has 4 nitrogen and oxygen atoms in total. The SMILES string of the molecule is Cn1ccc(C2CCN(C(=O)c3ccc(C(F)(F)F)cc3)CC2)cc1=O. The molecule has 0 spiro atoms. The van der Waals surface area contributed by atoms with Crippen molar-refractivity contribution in [3.05, 3.63) is 69.6 Å². The van der Waals surface area contributed by atoms with Gasteiger partial charge in [0.15, 0.2) is 0 Å². The molecule has 1 aromatic heterocycles. The van der Waals surface area contributed by atoms with Crippen molar-refractivity contribution in [3.8, 4) is 0 Å². The Morgan fingerprint density at radius 3 is 2.23 bits per heavy atom. The van der Waals surface area contributed by atoms with Crippen molar-refractivity contribution in [1.82, 2.24) is 9.47 Å². The van der Waals surface area contributed by atoms with E-state index in [0.717, 1.165) is 30.5 Å². The van der Waals surface area contributed by atoms with Gasteiger partial charge in [-0.3, -0.25) is 9.59 Å². The molecule has 2 heterocycles. The van der Waals surface area contributed by atoms with Crippen LogP contribution in [-0.2, 0) is 13.2 Å². The number of aromatic nitrogens is 1. The van der Waals surface area contributed by atoms with Gasteiger partial charge in [0.1, 0.15) is 0 Å². The summed E-state index contributed by atoms with van der Waals surface area (Å²) in [5.74, 6) is -0.0540. The molecule has 1 fully saturated rings. The van der Waals surface area contributed by atoms with Crippen molar-refractivity contribution in [3.63, 3.8) is 0 Å². The van der Waals surface area contributed by atoms with Crippen LogP contribution in [0.1, 0.15) is 40.2 Å². The van der Waals surface area contributed by atoms with Gasteiger partial charge in [-0.15, -0.1) is 0 Å². The fourth-order valence-corrected chi connectivity index (χ4v) is 3.22. The van der Waals surface area contributed by atoms with Crippen LogP contribution >= 0.6 is 0 Å². The van der Waals surface area contributed by atoms with Crippen LogP contribution in [0.5, 0.6) is 0 Å². The highest BCUT2D eigenvalue weighted by Gasteiger charge is 2.31. The number of nitrogens with zero attached hydrogens (tertiary/aromatic N) is 2. The predicted molar refractivity (Wildman–Crippen MR) is 91.0 cm³/mol. The standard InChI is InChI=1S/C19H19F3N2O2/c1-23-9-6-15(12-17(23)25)13-7-10-24(11-8-13)18(26)14-2-4-16(5-3-14)19(20,21)22/h2-6,9,12-13H,7-8,10-11H2,1H3. The van der Waals surface area contributed by atoms with Gasteiger partial charge in [-0.05, 0) is 54.7 Å². The second kappa shape index (κ2) is 6.97. The molecule has 138 valence electrons. The van der Waals surface area contributed by atoms with E-state index in [-0.39, 0.29) is 22.9 Å². The first-order chi connectivity index (χ1) is 12.3. The van der Waals surface area contributed by atoms with Gasteiger partial charge in [-0.1, -0.05) is 0 Å². The van der Waals surface area contributed by atoms with Gasteiger partial charge in [0.05, 0.1) is 5.56 Å². The Kier molecular flexibility index (Phi) is 4.89. The first-order valence-corrected chi connectivity index (χ1v) is 8.39. The summed E-state index contributed by atoms with van der Waals surface area (Å²) in [6.45, 7) is 1.03. The minimum absolute atomic E-state index is 0.0641. The normalized spacial score (nSPS) is 15.9. The van der Waals surface area contributed by atoms with Crippen LogP contribution in [0.15, 0.2) is 47.4 Å². The van der Waals surface area contributed by atoms with Crippen LogP contribution in [0.25, 0.3) is 0 Å². The summed E-state index contributed by atoms with van der Waals surface area (Å²) in [5.41, 5.74) is 0.393. The third kappa shape index (κ3) is 3.81. The molecule has 1 saturated heterocycles. The molecule has 0 atom stereocenters. The maximum atomic E-state index is 12.6. The number of benzene rings is 1. The average Bonchev–Trinajstić information content (AvgIpc) is 2.63. The number of amides is 1. The van der Waals surface area contributed by atoms with E-state index in [1.807, 2.05) is 6.07 Å². The summed E-state index contributed by atoms with van der Waals surface area (Å²) in [6, 6.07) is 7.84. The smallest absolute Gasteiger partial charge is 0.339 e. The quantitative estimate of drug-likeness (QED) is 0.819. The fraction of sp³-hybridized carbons (Fsp3) is 0.368. The molecule has 7 heteroatoms. The summed E-state index contributed by atoms with van der Waals surface area (Å²) in [5, 5.41) is 0. The van der Waals surface area contributed by atoms with E-state index in [1.165, 1.54) is 16.7 Å². The number of carbonyl (C=O) groups is 1. The van der Waals surface area contributed by atoms with Crippen molar-refractivity contribution in [1.29, 1.82) is 0 Å². The summed E-state index contributed by atoms with van der Waals surface area (Å²) in [6.07, 6.45) is -1.23. The van der Waals surface area contributed by atoms with Gasteiger partial charge in [0.2, 0.25) is 0 Å². The van der Waals surface area contributed by atoms with E-state index in [0.29, 0.717) is 13.1 Å². The largest absolute Gasteiger partial charge is 0.416 e. The Morgan fingerprint density at radius 2 is 1.69 bits per heavy atom. The number of piperidine rings is 1. The summed E-state index contributed by atoms with van der Waals surface area (Å²) in [7, 11) is 1.69. The maximum Gasteiger partial charge on any atom is 0.416 e. The van der Waals surface area contributed by atoms with Crippen LogP contribution in [0.2, 0.25) is 0 Å². The van der Waals surface area contributed by atoms with Crippen molar-refractivity contribution >= 4 is 5.91 Å². The Hall–Kier alpha value is -2.57. The molecule has 0 radical (unpaired) electrons. The van der Waals surface area contributed by atoms with E-state index in [2.05, 4.69) is 0 Å². The molecule has 26 heavy (non-hydrogen) atoms. The lowest BCUT2D eigenvalue weighted by molar-refractivity contribution is -0.137. The summed E-state index contributed by atoms with van der Waals surface area (Å²) in [4.78, 5) is 25.9. The van der Waals surface area contributed by atoms with Gasteiger partial charge in [-0.25, -0.2) is 0 Å². The van der Waals surface area contributed by atoms with E-state index < -0.39 is 11.7 Å². The zero-order valence-electron chi connectivity index (χ0n) is 14.3. The zero-order chi connectivity index (χ0) is 18.9. The van der Waals surface area contributed by atoms with Gasteiger partial charge in [0, 0.05) is 38.0 Å². The molecule has 0 N–H and O–H groups in total. The van der Waals surface area contributed by atoms with Crippen molar-refractivity contribution in [2.75, 3.05) is 13.1 Å². The molecule has 1 aliphatic heterocycles. The molecule has 1 aliphatic rings. The fourth-order valence-electron chi connectivity index (χ4n) is 3.22. The Bertz CT molecular complexity index is 848. The van der Waals surface area contributed by atoms with Crippen LogP contribution in [-0.4, -0.2) is 28.5 Å². The van der Waals surface area contributed by atoms with E-state index in [9.17, 15) is 22.8 Å². The highest BCUT2D eigenvalue weighted by Crippen LogP contribution is 2.30. The topological polar surface area (TPSA) is 42.3 Å². The summed E-state index contributed by atoms with van der Waals surface area (Å²) >= 11 is 0. The molecule has 0 saturated carbocycles. The number of likely N-dealkylation sites (tertiary alicyclic amines) is 1. The van der Waals surface area contributed by atoms with Gasteiger partial charge < -0.3 is 9.47 Å². The van der Waals surface area contributed by atoms with Crippen LogP contribution in [0.3, 0.4) is 0 Å². The van der Waals surface area contributed by atoms with Gasteiger partial charge in [-0.2, -0.15) is 13.2 Å². The van der Waals surface area contributed by atoms with E-state index in [1.54, 1.807) is 24.2 Å². The van der Waals surface area contributed by atoms with Gasteiger partial charge >= 0.3 is 6.18 Å². The van der Waals surface area contributed by atoms with E-state index >= 15 is 0 Å². The molecule has 0 aliphatic carbocycles. The third-order valence-electron chi connectivity index (χ3n) is 4.84. The predicted octanol–water partition coefficient (Wildman–Crippen LogP) is 3.42. The number of alkyl halides is 3. The van der Waals surface area contributed by atoms with Crippen molar-refractivity contribution < 1.29 is 18.0 Å². The monoisotopic (exact) mass is 364 g/mol. The Morgan fingerprint density at radius 1 is 1.08 bits per heavy atom. The second-order valence-corrected chi connectivity index (χ2v) is 6.55. The number of hydrogen-bond acceptors (Lipinski definition) is 2. The lowest BCUT2D eigenvalue weighted by Gasteiger charge is -2.32. The number of hydrogen-bond donors (Lipinski definition) is 0. The second-order valence-electron chi connectivity index (χ2n) is 6.55. The number of rotatable bonds is 2. The Labute approximate surface area is 148 Å². The van der Waals surface area contributed by atoms with Crippen molar-refractivity contribution in [2.24, 2.45) is 7.05 Å². The number of aryl methyl sites for hydroxylation is 1. The average molecular weight is 364 g/mol. The minimum atomic E-state index is -4.41. The van der Waals surface area contributed by atoms with Crippen LogP contribution in [0.4, 0.5) is 13.2 Å². The number of halogens is 3. The first-order valence-electron chi connectivity index (χ1n) is 8.39. The number of carbonyl (C=O) groups excluding carboxylic acids is 1. The van der Waals surface area contributed by atoms with Gasteiger partial charge in [0.25, 0.3) is 11.5 Å². The third-order valence-corrected chi connectivity index (χ3v) is 4.84. The summed E-state index contributed by atoms with van der Waals surface area (Å²) < 4.78 is 39.3. The van der Waals surface area contributed by atoms with Crippen LogP contribution in [0, 0.1) is 0 Å². The highest BCUT2D eigenvalue weighted by atomic mass is 19.4. The highest BCUT2D eigenvalue weighted by molar-refractivity contribution is 5.94. The van der Waals surface area contributed by atoms with Crippen LogP contribution < -0.4 is 5.56 Å². The molecule has 0 bridgehead atoms. The molecular weight excluding hydrogens is 345 g/mol. The lowest BCUT2D eigenvalue weighted by Crippen LogP contribution is -2.38. The van der Waals surface area contributed by atoms with E-state index in [4.69, 9.17) is 0 Å². The number of pyridine rings is 1. The molecule has 1 amide bonds. The molecule has 1 aromatic carbocycles. The Balaban J connectivity index is 1.65. The maximum absolute atomic E-state index is 12.6. The first kappa shape index (κ1) is 18.2. The molecule has 3 rings (SSSR count). The zero-order valence-corrected chi connectivity index (χ0v) is 14.3. The van der Waals surface area contributed by atoms with Crippen molar-refractivity contribution in [2.45, 2.75) is 24.9 Å². The molecule has 0 unspecified atom stereocenters. The lowest BCUT2D eigenvalue weighted by atomic mass is 9.90. The minimum Gasteiger partial charge on any atom is -0.339 e.